The molecule has 0 aromatic rings. The van der Waals surface area contributed by atoms with Gasteiger partial charge in [-0.2, -0.15) is 0 Å². The molecule has 0 bridgehead atoms. The van der Waals surface area contributed by atoms with Gasteiger partial charge >= 0.3 is 0 Å². The van der Waals surface area contributed by atoms with Crippen LogP contribution in [0.3, 0.4) is 0 Å². The topological polar surface area (TPSA) is 96.9 Å². The zero-order valence-electron chi connectivity index (χ0n) is 9.19. The van der Waals surface area contributed by atoms with Gasteiger partial charge in [0.1, 0.15) is 5.84 Å². The number of hydrogen-bond donors (Lipinski definition) is 3. The summed E-state index contributed by atoms with van der Waals surface area (Å²) >= 11 is 0. The molecule has 0 spiro atoms. The van der Waals surface area contributed by atoms with Gasteiger partial charge in [-0.15, -0.1) is 0 Å². The molecule has 6 nitrogen and oxygen atoms in total. The molecule has 4 N–H and O–H groups in total. The van der Waals surface area contributed by atoms with E-state index >= 15 is 0 Å². The quantitative estimate of drug-likeness (QED) is 0.243. The standard InChI is InChI=1S/C9H19N3O3/c1-3-7(6-8(10)12-14)11-9(13)4-5-15-2/h7,14H,3-6H2,1-2H3,(H2,10,12)(H,11,13). The summed E-state index contributed by atoms with van der Waals surface area (Å²) in [6, 6.07) is -0.0924. The number of carbonyl (C=O) groups is 1. The van der Waals surface area contributed by atoms with Gasteiger partial charge in [0.05, 0.1) is 6.61 Å². The van der Waals surface area contributed by atoms with Crippen molar-refractivity contribution >= 4 is 11.7 Å². The fourth-order valence-electron chi connectivity index (χ4n) is 1.09. The van der Waals surface area contributed by atoms with Crippen LogP contribution < -0.4 is 11.1 Å². The number of amides is 1. The molecule has 0 saturated carbocycles. The number of carbonyl (C=O) groups excluding carboxylic acids is 1. The van der Waals surface area contributed by atoms with Crippen molar-refractivity contribution in [2.45, 2.75) is 32.2 Å². The molecule has 88 valence electrons. The highest BCUT2D eigenvalue weighted by Crippen LogP contribution is 1.98. The van der Waals surface area contributed by atoms with Crippen molar-refractivity contribution in [3.8, 4) is 0 Å². The molecule has 1 amide bonds. The normalized spacial score (nSPS) is 13.6. The van der Waals surface area contributed by atoms with Crippen LogP contribution in [0, 0.1) is 0 Å². The van der Waals surface area contributed by atoms with Crippen LogP contribution in [0.2, 0.25) is 0 Å². The third kappa shape index (κ3) is 6.73. The van der Waals surface area contributed by atoms with Crippen LogP contribution in [0.15, 0.2) is 5.16 Å². The molecule has 6 heteroatoms. The first-order chi connectivity index (χ1) is 7.13. The van der Waals surface area contributed by atoms with E-state index in [2.05, 4.69) is 10.5 Å². The number of oxime groups is 1. The molecular formula is C9H19N3O3. The molecule has 0 rings (SSSR count). The third-order valence-corrected chi connectivity index (χ3v) is 1.98. The third-order valence-electron chi connectivity index (χ3n) is 1.98. The lowest BCUT2D eigenvalue weighted by Crippen LogP contribution is -2.37. The van der Waals surface area contributed by atoms with Gasteiger partial charge in [-0.1, -0.05) is 12.1 Å². The lowest BCUT2D eigenvalue weighted by atomic mass is 10.1. The van der Waals surface area contributed by atoms with Crippen LogP contribution in [-0.2, 0) is 9.53 Å². The molecule has 1 atom stereocenters. The van der Waals surface area contributed by atoms with E-state index in [-0.39, 0.29) is 17.8 Å². The number of nitrogens with two attached hydrogens (primary N) is 1. The van der Waals surface area contributed by atoms with Gasteiger partial charge in [0.15, 0.2) is 0 Å². The monoisotopic (exact) mass is 217 g/mol. The van der Waals surface area contributed by atoms with Gasteiger partial charge in [0.2, 0.25) is 5.91 Å². The van der Waals surface area contributed by atoms with Crippen LogP contribution in [-0.4, -0.2) is 36.7 Å². The molecule has 1 unspecified atom stereocenters. The Bertz CT molecular complexity index is 219. The van der Waals surface area contributed by atoms with Gasteiger partial charge in [-0.05, 0) is 6.42 Å². The molecule has 15 heavy (non-hydrogen) atoms. The van der Waals surface area contributed by atoms with E-state index < -0.39 is 0 Å². The summed E-state index contributed by atoms with van der Waals surface area (Å²) < 4.78 is 4.78. The molecule has 0 aromatic heterocycles. The fraction of sp³-hybridized carbons (Fsp3) is 0.778. The first-order valence-electron chi connectivity index (χ1n) is 4.88. The molecule has 0 saturated heterocycles. The summed E-state index contributed by atoms with van der Waals surface area (Å²) in [6.07, 6.45) is 1.41. The lowest BCUT2D eigenvalue weighted by Gasteiger charge is -2.15. The number of ether oxygens (including phenoxy) is 1. The molecule has 0 aliphatic heterocycles. The van der Waals surface area contributed by atoms with E-state index in [9.17, 15) is 4.79 Å². The lowest BCUT2D eigenvalue weighted by molar-refractivity contribution is -0.122. The van der Waals surface area contributed by atoms with Crippen LogP contribution in [0.25, 0.3) is 0 Å². The Morgan fingerprint density at radius 3 is 2.80 bits per heavy atom. The van der Waals surface area contributed by atoms with E-state index in [4.69, 9.17) is 15.7 Å². The zero-order chi connectivity index (χ0) is 11.7. The van der Waals surface area contributed by atoms with Crippen molar-refractivity contribution in [3.05, 3.63) is 0 Å². The van der Waals surface area contributed by atoms with Crippen molar-refractivity contribution < 1.29 is 14.7 Å². The Morgan fingerprint density at radius 1 is 1.67 bits per heavy atom. The average molecular weight is 217 g/mol. The first kappa shape index (κ1) is 13.7. The van der Waals surface area contributed by atoms with Gasteiger partial charge in [0, 0.05) is 26.0 Å². The number of nitrogens with zero attached hydrogens (tertiary/aromatic N) is 1. The summed E-state index contributed by atoms with van der Waals surface area (Å²) in [6.45, 7) is 2.32. The number of hydrogen-bond acceptors (Lipinski definition) is 4. The van der Waals surface area contributed by atoms with Crippen molar-refractivity contribution in [3.63, 3.8) is 0 Å². The van der Waals surface area contributed by atoms with E-state index in [1.54, 1.807) is 7.11 Å². The highest BCUT2D eigenvalue weighted by Gasteiger charge is 2.11. The minimum Gasteiger partial charge on any atom is -0.409 e. The SMILES string of the molecule is CCC(CC(N)=NO)NC(=O)CCOC. The predicted octanol–water partition coefficient (Wildman–Crippen LogP) is 0.0542. The summed E-state index contributed by atoms with van der Waals surface area (Å²) in [5.74, 6) is 0.0309. The van der Waals surface area contributed by atoms with Crippen molar-refractivity contribution in [2.75, 3.05) is 13.7 Å². The van der Waals surface area contributed by atoms with Gasteiger partial charge in [-0.25, -0.2) is 0 Å². The van der Waals surface area contributed by atoms with Crippen LogP contribution >= 0.6 is 0 Å². The molecule has 0 heterocycles. The molecule has 0 aromatic carbocycles. The second-order valence-corrected chi connectivity index (χ2v) is 3.21. The molecule has 0 fully saturated rings. The zero-order valence-corrected chi connectivity index (χ0v) is 9.19. The largest absolute Gasteiger partial charge is 0.409 e. The predicted molar refractivity (Wildman–Crippen MR) is 56.7 cm³/mol. The van der Waals surface area contributed by atoms with E-state index in [1.807, 2.05) is 6.92 Å². The van der Waals surface area contributed by atoms with Crippen LogP contribution in [0.5, 0.6) is 0 Å². The number of rotatable bonds is 7. The number of nitrogens with one attached hydrogen (secondary N) is 1. The molecule has 0 aliphatic carbocycles. The second kappa shape index (κ2) is 8.05. The number of amidine groups is 1. The summed E-state index contributed by atoms with van der Waals surface area (Å²) in [5.41, 5.74) is 5.35. The molecule has 0 radical (unpaired) electrons. The maximum atomic E-state index is 11.3. The fourth-order valence-corrected chi connectivity index (χ4v) is 1.09. The minimum absolute atomic E-state index is 0.0885. The Labute approximate surface area is 89.5 Å². The van der Waals surface area contributed by atoms with E-state index in [0.29, 0.717) is 19.4 Å². The Morgan fingerprint density at radius 2 is 2.33 bits per heavy atom. The van der Waals surface area contributed by atoms with Crippen LogP contribution in [0.1, 0.15) is 26.2 Å². The van der Waals surface area contributed by atoms with Gasteiger partial charge < -0.3 is 21.0 Å². The van der Waals surface area contributed by atoms with Crippen molar-refractivity contribution in [1.29, 1.82) is 0 Å². The molecular weight excluding hydrogens is 198 g/mol. The summed E-state index contributed by atoms with van der Waals surface area (Å²) in [4.78, 5) is 11.3. The minimum atomic E-state index is -0.0924. The van der Waals surface area contributed by atoms with E-state index in [1.165, 1.54) is 0 Å². The Hall–Kier alpha value is -1.30. The highest BCUT2D eigenvalue weighted by atomic mass is 16.5. The maximum absolute atomic E-state index is 11.3. The smallest absolute Gasteiger partial charge is 0.222 e. The maximum Gasteiger partial charge on any atom is 0.222 e. The first-order valence-corrected chi connectivity index (χ1v) is 4.88. The number of methoxy groups -OCH3 is 1. The second-order valence-electron chi connectivity index (χ2n) is 3.21. The summed E-state index contributed by atoms with van der Waals surface area (Å²) in [5, 5.41) is 14.0. The average Bonchev–Trinajstić information content (AvgIpc) is 2.25. The Kier molecular flexibility index (Phi) is 7.35. The van der Waals surface area contributed by atoms with Crippen LogP contribution in [0.4, 0.5) is 0 Å². The molecule has 0 aliphatic rings. The van der Waals surface area contributed by atoms with Crippen molar-refractivity contribution in [1.82, 2.24) is 5.32 Å². The van der Waals surface area contributed by atoms with E-state index in [0.717, 1.165) is 6.42 Å². The highest BCUT2D eigenvalue weighted by molar-refractivity contribution is 5.82. The summed E-state index contributed by atoms with van der Waals surface area (Å²) in [7, 11) is 1.54. The van der Waals surface area contributed by atoms with Gasteiger partial charge in [-0.3, -0.25) is 4.79 Å². The van der Waals surface area contributed by atoms with Gasteiger partial charge in [0.25, 0.3) is 0 Å². The Balaban J connectivity index is 3.93. The van der Waals surface area contributed by atoms with Crippen molar-refractivity contribution in [2.24, 2.45) is 10.9 Å².